The third-order valence-corrected chi connectivity index (χ3v) is 3.62. The summed E-state index contributed by atoms with van der Waals surface area (Å²) in [6, 6.07) is 5.51. The van der Waals surface area contributed by atoms with Crippen LogP contribution in [-0.2, 0) is 4.79 Å². The number of primary amides is 1. The van der Waals surface area contributed by atoms with Gasteiger partial charge in [0.05, 0.1) is 0 Å². The van der Waals surface area contributed by atoms with Gasteiger partial charge in [0.2, 0.25) is 0 Å². The van der Waals surface area contributed by atoms with Crippen LogP contribution in [0.4, 0.5) is 10.5 Å². The Bertz CT molecular complexity index is 815. The molecule has 0 spiro atoms. The maximum atomic E-state index is 12.1. The molecule has 3 amide bonds. The number of urea groups is 1. The molecule has 1 heterocycles. The van der Waals surface area contributed by atoms with Crippen LogP contribution >= 0.6 is 0 Å². The monoisotopic (exact) mass is 333 g/mol. The van der Waals surface area contributed by atoms with E-state index in [1.165, 1.54) is 6.07 Å². The summed E-state index contributed by atoms with van der Waals surface area (Å²) in [7, 11) is 0. The number of benzene rings is 1. The molecule has 24 heavy (non-hydrogen) atoms. The molecule has 8 heteroatoms. The van der Waals surface area contributed by atoms with Crippen LogP contribution in [0.25, 0.3) is 11.0 Å². The van der Waals surface area contributed by atoms with Gasteiger partial charge in [0.25, 0.3) is 5.91 Å². The van der Waals surface area contributed by atoms with Gasteiger partial charge in [-0.3, -0.25) is 4.79 Å². The van der Waals surface area contributed by atoms with Crippen molar-refractivity contribution in [1.29, 1.82) is 0 Å². The third-order valence-electron chi connectivity index (χ3n) is 3.62. The van der Waals surface area contributed by atoms with Crippen molar-refractivity contribution in [3.8, 4) is 0 Å². The molecule has 8 nitrogen and oxygen atoms in total. The highest BCUT2D eigenvalue weighted by Crippen LogP contribution is 2.20. The highest BCUT2D eigenvalue weighted by Gasteiger charge is 2.17. The summed E-state index contributed by atoms with van der Waals surface area (Å²) in [6.07, 6.45) is 1.10. The number of rotatable bonds is 6. The molecule has 7 N–H and O–H groups in total. The number of carbonyl (C=O) groups excluding carboxylic acids is 2. The van der Waals surface area contributed by atoms with Crippen molar-refractivity contribution in [3.05, 3.63) is 40.2 Å². The summed E-state index contributed by atoms with van der Waals surface area (Å²) >= 11 is 0. The Morgan fingerprint density at radius 3 is 2.79 bits per heavy atom. The van der Waals surface area contributed by atoms with E-state index in [1.54, 1.807) is 18.2 Å². The highest BCUT2D eigenvalue weighted by molar-refractivity contribution is 5.95. The van der Waals surface area contributed by atoms with Crippen LogP contribution in [0.1, 0.15) is 18.4 Å². The first kappa shape index (κ1) is 17.5. The molecule has 0 saturated carbocycles. The molecule has 0 fully saturated rings. The first-order chi connectivity index (χ1) is 11.4. The van der Waals surface area contributed by atoms with E-state index in [0.717, 1.165) is 10.9 Å². The summed E-state index contributed by atoms with van der Waals surface area (Å²) in [4.78, 5) is 34.1. The van der Waals surface area contributed by atoms with Crippen LogP contribution < -0.4 is 27.7 Å². The average Bonchev–Trinajstić information content (AvgIpc) is 2.50. The molecule has 0 aliphatic carbocycles. The van der Waals surface area contributed by atoms with Gasteiger partial charge in [0, 0.05) is 36.2 Å². The zero-order chi connectivity index (χ0) is 17.7. The van der Waals surface area contributed by atoms with E-state index in [2.05, 4.69) is 16.4 Å². The van der Waals surface area contributed by atoms with Crippen molar-refractivity contribution in [3.63, 3.8) is 0 Å². The number of nitrogens with two attached hydrogens (primary N) is 1. The Balaban J connectivity index is 1.99. The molecule has 0 bridgehead atoms. The first-order valence-electron chi connectivity index (χ1n) is 7.58. The molecule has 1 atom stereocenters. The zero-order valence-electron chi connectivity index (χ0n) is 13.4. The molecular formula is C16H21N4O4+. The van der Waals surface area contributed by atoms with Crippen molar-refractivity contribution < 1.29 is 19.7 Å². The van der Waals surface area contributed by atoms with E-state index in [9.17, 15) is 14.4 Å². The smallest absolute Gasteiger partial charge is 0.336 e. The minimum absolute atomic E-state index is 0.247. The molecule has 2 rings (SSSR count). The lowest BCUT2D eigenvalue weighted by Crippen LogP contribution is -2.66. The zero-order valence-corrected chi connectivity index (χ0v) is 13.4. The quantitative estimate of drug-likeness (QED) is 0.439. The molecule has 128 valence electrons. The lowest BCUT2D eigenvalue weighted by Gasteiger charge is -2.10. The van der Waals surface area contributed by atoms with Crippen molar-refractivity contribution in [1.82, 2.24) is 5.32 Å². The molecule has 0 unspecified atom stereocenters. The second kappa shape index (κ2) is 7.60. The van der Waals surface area contributed by atoms with E-state index in [-0.39, 0.29) is 5.91 Å². The fourth-order valence-electron chi connectivity index (χ4n) is 2.34. The van der Waals surface area contributed by atoms with E-state index >= 15 is 0 Å². The van der Waals surface area contributed by atoms with Gasteiger partial charge in [0.15, 0.2) is 6.04 Å². The van der Waals surface area contributed by atoms with Crippen molar-refractivity contribution in [2.45, 2.75) is 25.8 Å². The standard InChI is InChI=1S/C16H20N4O4/c1-9-7-14(21)24-13-8-10(4-5-11(9)13)20-15(22)12(17)3-2-6-19-16(18)23/h4-5,7-8,12H,2-3,6,17H2,1H3,(H,20,22)(H3,18,19,23)/p+1/t12-/m0/s1. The third kappa shape index (κ3) is 4.56. The molecule has 1 aromatic heterocycles. The number of amides is 3. The fraction of sp³-hybridized carbons (Fsp3) is 0.312. The first-order valence-corrected chi connectivity index (χ1v) is 7.58. The summed E-state index contributed by atoms with van der Waals surface area (Å²) in [5, 5.41) is 6.02. The highest BCUT2D eigenvalue weighted by atomic mass is 16.4. The van der Waals surface area contributed by atoms with Gasteiger partial charge in [-0.1, -0.05) is 0 Å². The maximum absolute atomic E-state index is 12.1. The van der Waals surface area contributed by atoms with Crippen LogP contribution in [0, 0.1) is 6.92 Å². The molecule has 0 saturated heterocycles. The van der Waals surface area contributed by atoms with E-state index in [1.807, 2.05) is 6.92 Å². The number of anilines is 1. The molecule has 0 radical (unpaired) electrons. The minimum Gasteiger partial charge on any atom is -0.423 e. The predicted molar refractivity (Wildman–Crippen MR) is 89.3 cm³/mol. The maximum Gasteiger partial charge on any atom is 0.336 e. The van der Waals surface area contributed by atoms with E-state index < -0.39 is 17.7 Å². The second-order valence-electron chi connectivity index (χ2n) is 5.58. The Kier molecular flexibility index (Phi) is 5.54. The number of aryl methyl sites for hydroxylation is 1. The second-order valence-corrected chi connectivity index (χ2v) is 5.58. The van der Waals surface area contributed by atoms with Crippen LogP contribution in [0.3, 0.4) is 0 Å². The van der Waals surface area contributed by atoms with Gasteiger partial charge in [-0.2, -0.15) is 0 Å². The van der Waals surface area contributed by atoms with Gasteiger partial charge in [0.1, 0.15) is 5.58 Å². The Labute approximate surface area is 138 Å². The van der Waals surface area contributed by atoms with E-state index in [0.29, 0.717) is 30.7 Å². The molecule has 1 aromatic carbocycles. The number of nitrogens with one attached hydrogen (secondary N) is 2. The summed E-state index contributed by atoms with van der Waals surface area (Å²) in [6.45, 7) is 2.22. The normalized spacial score (nSPS) is 11.9. The van der Waals surface area contributed by atoms with Gasteiger partial charge in [-0.15, -0.1) is 0 Å². The number of fused-ring (bicyclic) bond motifs is 1. The van der Waals surface area contributed by atoms with Gasteiger partial charge >= 0.3 is 11.7 Å². The molecule has 0 aliphatic heterocycles. The van der Waals surface area contributed by atoms with Crippen molar-refractivity contribution >= 4 is 28.6 Å². The van der Waals surface area contributed by atoms with E-state index in [4.69, 9.17) is 10.2 Å². The molecule has 2 aromatic rings. The summed E-state index contributed by atoms with van der Waals surface area (Å²) in [5.41, 5.74) is 10.1. The van der Waals surface area contributed by atoms with Crippen LogP contribution in [0.2, 0.25) is 0 Å². The lowest BCUT2D eigenvalue weighted by atomic mass is 10.1. The minimum atomic E-state index is -0.590. The summed E-state index contributed by atoms with van der Waals surface area (Å²) in [5.74, 6) is -0.247. The predicted octanol–water partition coefficient (Wildman–Crippen LogP) is 0.0989. The Morgan fingerprint density at radius 2 is 2.08 bits per heavy atom. The SMILES string of the molecule is Cc1cc(=O)oc2cc(NC(=O)[C@@H]([NH3+])CCCNC(N)=O)ccc12. The van der Waals surface area contributed by atoms with Crippen LogP contribution in [0.15, 0.2) is 33.5 Å². The van der Waals surface area contributed by atoms with Crippen LogP contribution in [0.5, 0.6) is 0 Å². The fourth-order valence-corrected chi connectivity index (χ4v) is 2.34. The van der Waals surface area contributed by atoms with Crippen LogP contribution in [-0.4, -0.2) is 24.5 Å². The van der Waals surface area contributed by atoms with Gasteiger partial charge in [-0.25, -0.2) is 9.59 Å². The number of hydrogen-bond donors (Lipinski definition) is 4. The van der Waals surface area contributed by atoms with Gasteiger partial charge < -0.3 is 26.5 Å². The number of quaternary nitrogens is 1. The lowest BCUT2D eigenvalue weighted by molar-refractivity contribution is -0.403. The van der Waals surface area contributed by atoms with Crippen molar-refractivity contribution in [2.24, 2.45) is 5.73 Å². The van der Waals surface area contributed by atoms with Gasteiger partial charge in [-0.05, 0) is 31.0 Å². The largest absolute Gasteiger partial charge is 0.423 e. The number of hydrogen-bond acceptors (Lipinski definition) is 4. The Hall–Kier alpha value is -2.87. The average molecular weight is 333 g/mol. The topological polar surface area (TPSA) is 142 Å². The Morgan fingerprint density at radius 1 is 1.33 bits per heavy atom. The molecule has 0 aliphatic rings. The molecular weight excluding hydrogens is 312 g/mol. The van der Waals surface area contributed by atoms with Crippen molar-refractivity contribution in [2.75, 3.05) is 11.9 Å². The summed E-state index contributed by atoms with van der Waals surface area (Å²) < 4.78 is 5.15. The number of carbonyl (C=O) groups is 2.